The Morgan fingerprint density at radius 2 is 1.77 bits per heavy atom. The summed E-state index contributed by atoms with van der Waals surface area (Å²) in [5, 5.41) is 4.98. The van der Waals surface area contributed by atoms with Crippen LogP contribution >= 0.6 is 0 Å². The molecule has 0 saturated heterocycles. The second-order valence-corrected chi connectivity index (χ2v) is 6.77. The highest BCUT2D eigenvalue weighted by Crippen LogP contribution is 2.31. The van der Waals surface area contributed by atoms with Gasteiger partial charge in [0.15, 0.2) is 0 Å². The third kappa shape index (κ3) is 4.13. The van der Waals surface area contributed by atoms with E-state index < -0.39 is 17.8 Å². The minimum absolute atomic E-state index is 0.0341. The molecule has 4 N–H and O–H groups in total. The molecule has 4 rings (SSSR count). The Kier molecular flexibility index (Phi) is 4.97. The third-order valence-electron chi connectivity index (χ3n) is 4.62. The average Bonchev–Trinajstić information content (AvgIpc) is 3.06. The van der Waals surface area contributed by atoms with Gasteiger partial charge in [-0.1, -0.05) is 18.2 Å². The maximum absolute atomic E-state index is 12.8. The summed E-state index contributed by atoms with van der Waals surface area (Å²) in [7, 11) is 0. The highest BCUT2D eigenvalue weighted by molar-refractivity contribution is 6.00. The zero-order valence-electron chi connectivity index (χ0n) is 16.2. The zero-order valence-corrected chi connectivity index (χ0v) is 16.2. The van der Waals surface area contributed by atoms with E-state index in [9.17, 15) is 18.0 Å². The molecule has 2 amide bonds. The number of benzene rings is 2. The van der Waals surface area contributed by atoms with E-state index in [1.165, 1.54) is 12.1 Å². The molecule has 0 spiro atoms. The van der Waals surface area contributed by atoms with Gasteiger partial charge in [0.05, 0.1) is 5.56 Å². The number of hydrogen-bond donors (Lipinski definition) is 3. The molecule has 2 aromatic heterocycles. The molecule has 0 bridgehead atoms. The molecular formula is C21H17F3N6O. The summed E-state index contributed by atoms with van der Waals surface area (Å²) >= 11 is 0. The SMILES string of the molecule is Cc1nc(-c2ccc(NC(=O)Nc3cccc(C(F)(F)F)c3)cc2)c2c(N)nccn12. The Hall–Kier alpha value is -4.08. The number of fused-ring (bicyclic) bond motifs is 1. The summed E-state index contributed by atoms with van der Waals surface area (Å²) in [6.45, 7) is 1.85. The molecule has 31 heavy (non-hydrogen) atoms. The molecule has 0 aliphatic carbocycles. The number of anilines is 3. The first kappa shape index (κ1) is 20.2. The average molecular weight is 426 g/mol. The van der Waals surface area contributed by atoms with Gasteiger partial charge in [-0.25, -0.2) is 14.8 Å². The largest absolute Gasteiger partial charge is 0.416 e. The van der Waals surface area contributed by atoms with Gasteiger partial charge in [0.1, 0.15) is 22.9 Å². The molecule has 2 heterocycles. The lowest BCUT2D eigenvalue weighted by Gasteiger charge is -2.11. The number of amides is 2. The summed E-state index contributed by atoms with van der Waals surface area (Å²) in [6.07, 6.45) is -1.12. The molecule has 0 unspecified atom stereocenters. The molecule has 0 fully saturated rings. The first-order valence-corrected chi connectivity index (χ1v) is 9.17. The van der Waals surface area contributed by atoms with Crippen molar-refractivity contribution in [3.8, 4) is 11.3 Å². The Labute approximate surface area is 174 Å². The number of hydrogen-bond acceptors (Lipinski definition) is 4. The molecule has 10 heteroatoms. The fourth-order valence-electron chi connectivity index (χ4n) is 3.19. The molecule has 2 aromatic carbocycles. The summed E-state index contributed by atoms with van der Waals surface area (Å²) in [4.78, 5) is 20.8. The van der Waals surface area contributed by atoms with Crippen LogP contribution in [0.3, 0.4) is 0 Å². The van der Waals surface area contributed by atoms with Crippen LogP contribution in [0.1, 0.15) is 11.4 Å². The van der Waals surface area contributed by atoms with Gasteiger partial charge < -0.3 is 16.4 Å². The number of nitrogens with zero attached hydrogens (tertiary/aromatic N) is 3. The molecule has 4 aromatic rings. The van der Waals surface area contributed by atoms with Gasteiger partial charge in [-0.15, -0.1) is 0 Å². The third-order valence-corrected chi connectivity index (χ3v) is 4.62. The van der Waals surface area contributed by atoms with Crippen molar-refractivity contribution in [3.05, 3.63) is 72.3 Å². The molecule has 0 aliphatic heterocycles. The Bertz CT molecular complexity index is 1260. The predicted molar refractivity (Wildman–Crippen MR) is 112 cm³/mol. The number of halogens is 3. The molecular weight excluding hydrogens is 409 g/mol. The highest BCUT2D eigenvalue weighted by Gasteiger charge is 2.30. The van der Waals surface area contributed by atoms with Crippen LogP contribution in [0.4, 0.5) is 35.2 Å². The zero-order chi connectivity index (χ0) is 22.2. The number of nitrogens with one attached hydrogen (secondary N) is 2. The van der Waals surface area contributed by atoms with Crippen LogP contribution in [-0.2, 0) is 6.18 Å². The van der Waals surface area contributed by atoms with Gasteiger partial charge in [-0.05, 0) is 37.3 Å². The maximum atomic E-state index is 12.8. The lowest BCUT2D eigenvalue weighted by molar-refractivity contribution is -0.137. The lowest BCUT2D eigenvalue weighted by Crippen LogP contribution is -2.19. The van der Waals surface area contributed by atoms with Gasteiger partial charge in [-0.2, -0.15) is 13.2 Å². The monoisotopic (exact) mass is 426 g/mol. The molecule has 0 radical (unpaired) electrons. The number of carbonyl (C=O) groups excluding carboxylic acids is 1. The normalized spacial score (nSPS) is 11.5. The summed E-state index contributed by atoms with van der Waals surface area (Å²) in [5.41, 5.74) is 7.77. The van der Waals surface area contributed by atoms with Crippen molar-refractivity contribution in [2.45, 2.75) is 13.1 Å². The van der Waals surface area contributed by atoms with Crippen molar-refractivity contribution in [1.82, 2.24) is 14.4 Å². The fourth-order valence-corrected chi connectivity index (χ4v) is 3.19. The van der Waals surface area contributed by atoms with Crippen molar-refractivity contribution < 1.29 is 18.0 Å². The van der Waals surface area contributed by atoms with E-state index >= 15 is 0 Å². The van der Waals surface area contributed by atoms with Crippen molar-refractivity contribution >= 4 is 28.7 Å². The van der Waals surface area contributed by atoms with Gasteiger partial charge in [0.25, 0.3) is 0 Å². The van der Waals surface area contributed by atoms with E-state index in [2.05, 4.69) is 20.6 Å². The van der Waals surface area contributed by atoms with E-state index in [0.717, 1.165) is 23.5 Å². The van der Waals surface area contributed by atoms with Crippen molar-refractivity contribution in [2.24, 2.45) is 0 Å². The molecule has 0 saturated carbocycles. The van der Waals surface area contributed by atoms with Crippen LogP contribution in [-0.4, -0.2) is 20.4 Å². The first-order chi connectivity index (χ1) is 14.7. The van der Waals surface area contributed by atoms with Gasteiger partial charge >= 0.3 is 12.2 Å². The fraction of sp³-hybridized carbons (Fsp3) is 0.0952. The summed E-state index contributed by atoms with van der Waals surface area (Å²) in [6, 6.07) is 10.6. The van der Waals surface area contributed by atoms with Crippen LogP contribution in [0.5, 0.6) is 0 Å². The topological polar surface area (TPSA) is 97.3 Å². The Balaban J connectivity index is 1.50. The number of aryl methyl sites for hydroxylation is 1. The van der Waals surface area contributed by atoms with Gasteiger partial charge in [0, 0.05) is 29.3 Å². The number of alkyl halides is 3. The summed E-state index contributed by atoms with van der Waals surface area (Å²) < 4.78 is 40.3. The van der Waals surface area contributed by atoms with Crippen molar-refractivity contribution in [2.75, 3.05) is 16.4 Å². The number of rotatable bonds is 3. The Morgan fingerprint density at radius 1 is 1.06 bits per heavy atom. The van der Waals surface area contributed by atoms with Gasteiger partial charge in [-0.3, -0.25) is 4.40 Å². The summed E-state index contributed by atoms with van der Waals surface area (Å²) in [5.74, 6) is 1.10. The van der Waals surface area contributed by atoms with Crippen molar-refractivity contribution in [1.29, 1.82) is 0 Å². The van der Waals surface area contributed by atoms with Crippen LogP contribution < -0.4 is 16.4 Å². The quantitative estimate of drug-likeness (QED) is 0.432. The highest BCUT2D eigenvalue weighted by atomic mass is 19.4. The maximum Gasteiger partial charge on any atom is 0.416 e. The van der Waals surface area contributed by atoms with E-state index in [0.29, 0.717) is 22.7 Å². The minimum atomic E-state index is -4.49. The standard InChI is InChI=1S/C21H17F3N6O/c1-12-27-17(18-19(25)26-9-10-30(12)18)13-5-7-15(8-6-13)28-20(31)29-16-4-2-3-14(11-16)21(22,23)24/h2-11H,1H3,(H2,25,26)(H2,28,29,31). The minimum Gasteiger partial charge on any atom is -0.382 e. The number of nitrogens with two attached hydrogens (primary N) is 1. The number of carbonyl (C=O) groups is 1. The molecule has 7 nitrogen and oxygen atoms in total. The number of urea groups is 1. The van der Waals surface area contributed by atoms with Gasteiger partial charge in [0.2, 0.25) is 0 Å². The first-order valence-electron chi connectivity index (χ1n) is 9.17. The molecule has 0 atom stereocenters. The second-order valence-electron chi connectivity index (χ2n) is 6.77. The van der Waals surface area contributed by atoms with E-state index in [4.69, 9.17) is 5.73 Å². The van der Waals surface area contributed by atoms with Crippen LogP contribution in [0.2, 0.25) is 0 Å². The van der Waals surface area contributed by atoms with E-state index in [1.807, 2.05) is 11.3 Å². The van der Waals surface area contributed by atoms with Crippen LogP contribution in [0.15, 0.2) is 60.9 Å². The molecule has 158 valence electrons. The number of nitrogen functional groups attached to an aromatic ring is 1. The lowest BCUT2D eigenvalue weighted by atomic mass is 10.1. The van der Waals surface area contributed by atoms with Crippen molar-refractivity contribution in [3.63, 3.8) is 0 Å². The van der Waals surface area contributed by atoms with Crippen LogP contribution in [0, 0.1) is 6.92 Å². The Morgan fingerprint density at radius 3 is 2.48 bits per heavy atom. The predicted octanol–water partition coefficient (Wildman–Crippen LogP) is 4.95. The number of aromatic nitrogens is 3. The molecule has 0 aliphatic rings. The smallest absolute Gasteiger partial charge is 0.382 e. The number of imidazole rings is 1. The van der Waals surface area contributed by atoms with Crippen LogP contribution in [0.25, 0.3) is 16.8 Å². The van der Waals surface area contributed by atoms with E-state index in [1.54, 1.807) is 36.7 Å². The van der Waals surface area contributed by atoms with E-state index in [-0.39, 0.29) is 5.69 Å². The second kappa shape index (κ2) is 7.63.